The van der Waals surface area contributed by atoms with E-state index in [9.17, 15) is 23.9 Å². The van der Waals surface area contributed by atoms with Crippen molar-refractivity contribution in [3.8, 4) is 0 Å². The lowest BCUT2D eigenvalue weighted by molar-refractivity contribution is -0.662. The molecule has 5 heterocycles. The van der Waals surface area contributed by atoms with Gasteiger partial charge in [0.2, 0.25) is 11.5 Å². The molecule has 2 aliphatic heterocycles. The number of hydrogen-bond donors (Lipinski definition) is 4. The van der Waals surface area contributed by atoms with E-state index in [-0.39, 0.29) is 23.2 Å². The summed E-state index contributed by atoms with van der Waals surface area (Å²) < 4.78 is 20.0. The molecule has 1 saturated heterocycles. The van der Waals surface area contributed by atoms with Crippen molar-refractivity contribution < 1.29 is 33.3 Å². The summed E-state index contributed by atoms with van der Waals surface area (Å²) >= 11 is 2.09. The lowest BCUT2D eigenvalue weighted by atomic mass is 10.0. The maximum Gasteiger partial charge on any atom is 0.352 e. The first-order chi connectivity index (χ1) is 17.8. The van der Waals surface area contributed by atoms with Crippen molar-refractivity contribution >= 4 is 63.4 Å². The number of anilines is 2. The molecule has 0 unspecified atom stereocenters. The largest absolute Gasteiger partial charge is 0.477 e. The number of imidazole rings is 1. The average molecular weight is 549 g/mol. The minimum atomic E-state index is -1.30. The Labute approximate surface area is 215 Å². The lowest BCUT2D eigenvalue weighted by Crippen LogP contribution is -2.71. The van der Waals surface area contributed by atoms with E-state index >= 15 is 0 Å². The molecular weight excluding hydrogens is 529 g/mol. The molecule has 37 heavy (non-hydrogen) atoms. The highest BCUT2D eigenvalue weighted by Crippen LogP contribution is 2.40. The molecule has 0 radical (unpaired) electrons. The van der Waals surface area contributed by atoms with Gasteiger partial charge in [-0.05, 0) is 6.07 Å². The number of β-lactam (4-membered cyclic amide) rings is 1. The number of aromatic nitrogens is 4. The Bertz CT molecular complexity index is 1490. The van der Waals surface area contributed by atoms with E-state index in [1.807, 2.05) is 10.6 Å². The minimum Gasteiger partial charge on any atom is -0.477 e. The monoisotopic (exact) mass is 548 g/mol. The Morgan fingerprint density at radius 2 is 2.19 bits per heavy atom. The van der Waals surface area contributed by atoms with Gasteiger partial charge in [0.05, 0.1) is 0 Å². The fraction of sp³-hybridized carbons (Fsp3) is 0.250. The van der Waals surface area contributed by atoms with Gasteiger partial charge in [-0.2, -0.15) is 13.8 Å². The zero-order valence-electron chi connectivity index (χ0n) is 18.8. The number of nitrogen functional groups attached to an aromatic ring is 2. The van der Waals surface area contributed by atoms with Crippen LogP contribution in [0.3, 0.4) is 0 Å². The fourth-order valence-corrected chi connectivity index (χ4v) is 5.87. The number of carboxylic acid groups (broad SMARTS) is 1. The second-order valence-electron chi connectivity index (χ2n) is 7.86. The molecule has 1 fully saturated rings. The average Bonchev–Trinajstić information content (AvgIpc) is 3.49. The standard InChI is InChI=1S/C20H18FN9O5S2/c21-8-35-26-12(15-25-20(23)37-27-15)16(31)24-13-17(32)30-14(19(33)34)9(7-36-18(13)30)6-28-4-5-29-10(22)2-1-3-11(28)29/h1-5,13,18,22H,6-8H2,(H4,23,24,25,27,31,33,34)/p+1/b26-12-/t13-,18-/m1/s1. The van der Waals surface area contributed by atoms with Crippen LogP contribution in [0.5, 0.6) is 0 Å². The van der Waals surface area contributed by atoms with Gasteiger partial charge in [-0.15, -0.1) is 11.8 Å². The summed E-state index contributed by atoms with van der Waals surface area (Å²) in [6.07, 6.45) is 3.54. The molecule has 0 aromatic carbocycles. The first-order valence-electron chi connectivity index (χ1n) is 10.6. The Hall–Kier alpha value is -4.25. The predicted molar refractivity (Wildman–Crippen MR) is 130 cm³/mol. The molecule has 2 amide bonds. The number of thioether (sulfide) groups is 1. The molecule has 3 aromatic heterocycles. The summed E-state index contributed by atoms with van der Waals surface area (Å²) in [6.45, 7) is -1.08. The topological polar surface area (TPSA) is 194 Å². The number of carbonyl (C=O) groups excluding carboxylic acids is 2. The molecule has 17 heteroatoms. The Morgan fingerprint density at radius 1 is 1.38 bits per heavy atom. The third-order valence-corrected chi connectivity index (χ3v) is 7.58. The van der Waals surface area contributed by atoms with Crippen molar-refractivity contribution in [1.82, 2.24) is 24.0 Å². The fourth-order valence-electron chi connectivity index (χ4n) is 4.10. The van der Waals surface area contributed by atoms with Gasteiger partial charge in [-0.1, -0.05) is 5.16 Å². The number of nitrogens with two attached hydrogens (primary N) is 2. The first-order valence-corrected chi connectivity index (χ1v) is 12.4. The zero-order valence-corrected chi connectivity index (χ0v) is 20.4. The highest BCUT2D eigenvalue weighted by atomic mass is 32.2. The number of carboxylic acids is 1. The number of aliphatic carboxylic acids is 1. The Kier molecular flexibility index (Phi) is 6.38. The van der Waals surface area contributed by atoms with Crippen molar-refractivity contribution in [3.05, 3.63) is 47.7 Å². The van der Waals surface area contributed by atoms with Gasteiger partial charge in [0, 0.05) is 35.0 Å². The van der Waals surface area contributed by atoms with Crippen molar-refractivity contribution in [2.45, 2.75) is 18.0 Å². The van der Waals surface area contributed by atoms with E-state index in [2.05, 4.69) is 24.7 Å². The smallest absolute Gasteiger partial charge is 0.352 e. The number of nitrogens with zero attached hydrogens (tertiary/aromatic N) is 6. The highest BCUT2D eigenvalue weighted by molar-refractivity contribution is 8.00. The zero-order chi connectivity index (χ0) is 26.3. The third-order valence-electron chi connectivity index (χ3n) is 5.70. The molecule has 192 valence electrons. The summed E-state index contributed by atoms with van der Waals surface area (Å²) in [5, 5.41) is 15.2. The number of rotatable bonds is 8. The number of carbonyl (C=O) groups is 3. The van der Waals surface area contributed by atoms with E-state index in [1.54, 1.807) is 28.9 Å². The van der Waals surface area contributed by atoms with Gasteiger partial charge >= 0.3 is 5.97 Å². The van der Waals surface area contributed by atoms with Crippen LogP contribution < -0.4 is 21.4 Å². The Balaban J connectivity index is 1.37. The second-order valence-corrected chi connectivity index (χ2v) is 9.75. The number of alkyl halides is 1. The SMILES string of the molecule is Nc1nc(/C(=N/OCF)C(=O)N[C@@H]2C(=O)N3C(C(=O)O)=C(C[n+]4ccn5c(N)cccc54)CS[C@H]23)ns1. The van der Waals surface area contributed by atoms with E-state index in [0.717, 1.165) is 22.1 Å². The van der Waals surface area contributed by atoms with Crippen LogP contribution in [0.2, 0.25) is 0 Å². The first kappa shape index (κ1) is 24.4. The van der Waals surface area contributed by atoms with Crippen molar-refractivity contribution in [3.63, 3.8) is 0 Å². The molecule has 0 aliphatic carbocycles. The van der Waals surface area contributed by atoms with Gasteiger partial charge in [0.15, 0.2) is 10.9 Å². The van der Waals surface area contributed by atoms with Crippen LogP contribution >= 0.6 is 23.3 Å². The maximum atomic E-state index is 13.0. The molecular formula is C20H19FN9O5S2+. The maximum absolute atomic E-state index is 13.0. The van der Waals surface area contributed by atoms with Crippen LogP contribution in [-0.4, -0.2) is 71.3 Å². The van der Waals surface area contributed by atoms with E-state index in [1.165, 1.54) is 11.8 Å². The summed E-state index contributed by atoms with van der Waals surface area (Å²) in [5.41, 5.74) is 12.2. The van der Waals surface area contributed by atoms with Crippen LogP contribution in [0, 0.1) is 0 Å². The molecule has 3 aromatic rings. The van der Waals surface area contributed by atoms with Crippen molar-refractivity contribution in [1.29, 1.82) is 0 Å². The van der Waals surface area contributed by atoms with Crippen LogP contribution in [0.1, 0.15) is 5.82 Å². The molecule has 14 nitrogen and oxygen atoms in total. The van der Waals surface area contributed by atoms with Crippen LogP contribution in [-0.2, 0) is 25.8 Å². The van der Waals surface area contributed by atoms with Crippen LogP contribution in [0.15, 0.2) is 47.0 Å². The van der Waals surface area contributed by atoms with Gasteiger partial charge < -0.3 is 26.7 Å². The molecule has 2 atom stereocenters. The number of oxime groups is 1. The molecule has 0 bridgehead atoms. The van der Waals surface area contributed by atoms with Crippen LogP contribution in [0.25, 0.3) is 5.65 Å². The van der Waals surface area contributed by atoms with E-state index in [0.29, 0.717) is 17.1 Å². The second kappa shape index (κ2) is 9.66. The molecule has 0 spiro atoms. The number of fused-ring (bicyclic) bond motifs is 2. The van der Waals surface area contributed by atoms with E-state index in [4.69, 9.17) is 11.5 Å². The molecule has 0 saturated carbocycles. The molecule has 6 N–H and O–H groups in total. The van der Waals surface area contributed by atoms with Gasteiger partial charge in [-0.25, -0.2) is 13.8 Å². The van der Waals surface area contributed by atoms with Gasteiger partial charge in [0.1, 0.15) is 36.1 Å². The highest BCUT2D eigenvalue weighted by Gasteiger charge is 2.54. The van der Waals surface area contributed by atoms with Crippen molar-refractivity contribution in [2.75, 3.05) is 24.1 Å². The van der Waals surface area contributed by atoms with Crippen LogP contribution in [0.4, 0.5) is 15.3 Å². The quantitative estimate of drug-likeness (QED) is 0.121. The summed E-state index contributed by atoms with van der Waals surface area (Å²) in [4.78, 5) is 47.4. The number of pyridine rings is 1. The Morgan fingerprint density at radius 3 is 2.89 bits per heavy atom. The third kappa shape index (κ3) is 4.31. The van der Waals surface area contributed by atoms with E-state index < -0.39 is 41.8 Å². The normalized spacial score (nSPS) is 19.5. The predicted octanol–water partition coefficient (Wildman–Crippen LogP) is -0.671. The van der Waals surface area contributed by atoms with Gasteiger partial charge in [0.25, 0.3) is 24.3 Å². The summed E-state index contributed by atoms with van der Waals surface area (Å²) in [5.74, 6) is -2.15. The minimum absolute atomic E-state index is 0.0461. The molecule has 5 rings (SSSR count). The lowest BCUT2D eigenvalue weighted by Gasteiger charge is -2.49. The number of halogens is 1. The summed E-state index contributed by atoms with van der Waals surface area (Å²) in [7, 11) is 0. The summed E-state index contributed by atoms with van der Waals surface area (Å²) in [6, 6.07) is 4.32. The number of nitrogens with one attached hydrogen (secondary N) is 1. The number of hydrogen-bond acceptors (Lipinski definition) is 11. The van der Waals surface area contributed by atoms with Gasteiger partial charge in [-0.3, -0.25) is 14.5 Å². The molecule has 2 aliphatic rings. The van der Waals surface area contributed by atoms with Crippen molar-refractivity contribution in [2.24, 2.45) is 5.16 Å². The number of amides is 2.